The van der Waals surface area contributed by atoms with Crippen LogP contribution in [-0.4, -0.2) is 32.0 Å². The monoisotopic (exact) mass is 276 g/mol. The summed E-state index contributed by atoms with van der Waals surface area (Å²) >= 11 is 0. The van der Waals surface area contributed by atoms with Crippen LogP contribution in [0.15, 0.2) is 18.5 Å². The van der Waals surface area contributed by atoms with Crippen molar-refractivity contribution in [2.45, 2.75) is 26.4 Å². The van der Waals surface area contributed by atoms with Gasteiger partial charge in [0.05, 0.1) is 24.0 Å². The highest BCUT2D eigenvalue weighted by atomic mass is 16.1. The second-order valence-electron chi connectivity index (χ2n) is 4.67. The van der Waals surface area contributed by atoms with Crippen molar-refractivity contribution in [3.63, 3.8) is 0 Å². The zero-order valence-electron chi connectivity index (χ0n) is 11.8. The predicted molar refractivity (Wildman–Crippen MR) is 75.0 cm³/mol. The number of aromatic nitrogens is 4. The number of nitrogens with two attached hydrogens (primary N) is 1. The molecule has 0 bridgehead atoms. The van der Waals surface area contributed by atoms with Gasteiger partial charge >= 0.3 is 0 Å². The van der Waals surface area contributed by atoms with E-state index >= 15 is 0 Å². The van der Waals surface area contributed by atoms with Crippen molar-refractivity contribution in [1.29, 1.82) is 0 Å². The Balaban J connectivity index is 1.97. The number of amides is 1. The molecule has 0 atom stereocenters. The van der Waals surface area contributed by atoms with E-state index in [1.54, 1.807) is 10.9 Å². The lowest BCUT2D eigenvalue weighted by Crippen LogP contribution is -2.23. The molecule has 0 radical (unpaired) electrons. The van der Waals surface area contributed by atoms with E-state index in [1.165, 1.54) is 0 Å². The van der Waals surface area contributed by atoms with Crippen LogP contribution in [0.1, 0.15) is 28.2 Å². The third-order valence-corrected chi connectivity index (χ3v) is 3.12. The summed E-state index contributed by atoms with van der Waals surface area (Å²) in [4.78, 5) is 12.1. The van der Waals surface area contributed by atoms with Crippen LogP contribution in [0.25, 0.3) is 0 Å². The summed E-state index contributed by atoms with van der Waals surface area (Å²) in [6.07, 6.45) is 4.29. The molecule has 2 aromatic rings. The van der Waals surface area contributed by atoms with Gasteiger partial charge in [0.15, 0.2) is 0 Å². The fourth-order valence-electron chi connectivity index (χ4n) is 1.96. The first-order valence-corrected chi connectivity index (χ1v) is 6.61. The van der Waals surface area contributed by atoms with E-state index in [2.05, 4.69) is 15.5 Å². The van der Waals surface area contributed by atoms with Gasteiger partial charge in [-0.05, 0) is 26.0 Å². The average molecular weight is 276 g/mol. The van der Waals surface area contributed by atoms with Crippen LogP contribution in [0.5, 0.6) is 0 Å². The Bertz CT molecular complexity index is 585. The minimum Gasteiger partial charge on any atom is -0.346 e. The van der Waals surface area contributed by atoms with Crippen molar-refractivity contribution >= 4 is 5.91 Å². The first-order valence-electron chi connectivity index (χ1n) is 6.61. The molecule has 0 aliphatic heterocycles. The van der Waals surface area contributed by atoms with Crippen LogP contribution in [0.4, 0.5) is 0 Å². The minimum atomic E-state index is -0.132. The summed E-state index contributed by atoms with van der Waals surface area (Å²) in [7, 11) is 1.84. The highest BCUT2D eigenvalue weighted by Gasteiger charge is 2.13. The van der Waals surface area contributed by atoms with E-state index in [1.807, 2.05) is 30.9 Å². The van der Waals surface area contributed by atoms with Crippen LogP contribution in [0.2, 0.25) is 0 Å². The lowest BCUT2D eigenvalue weighted by molar-refractivity contribution is 0.0949. The van der Waals surface area contributed by atoms with E-state index in [0.717, 1.165) is 24.4 Å². The molecule has 0 aliphatic carbocycles. The van der Waals surface area contributed by atoms with Gasteiger partial charge in [-0.1, -0.05) is 0 Å². The normalized spacial score (nSPS) is 10.8. The number of nitrogens with one attached hydrogen (secondary N) is 1. The zero-order chi connectivity index (χ0) is 14.5. The zero-order valence-corrected chi connectivity index (χ0v) is 11.8. The molecule has 108 valence electrons. The number of aryl methyl sites for hydroxylation is 2. The molecule has 0 spiro atoms. The van der Waals surface area contributed by atoms with Crippen molar-refractivity contribution in [1.82, 2.24) is 24.9 Å². The number of carbonyl (C=O) groups excluding carboxylic acids is 1. The maximum absolute atomic E-state index is 12.1. The van der Waals surface area contributed by atoms with Crippen LogP contribution < -0.4 is 11.1 Å². The van der Waals surface area contributed by atoms with E-state index in [9.17, 15) is 4.79 Å². The van der Waals surface area contributed by atoms with Crippen LogP contribution in [0, 0.1) is 6.92 Å². The van der Waals surface area contributed by atoms with E-state index in [4.69, 9.17) is 5.73 Å². The van der Waals surface area contributed by atoms with Crippen molar-refractivity contribution in [2.75, 3.05) is 6.54 Å². The van der Waals surface area contributed by atoms with E-state index < -0.39 is 0 Å². The summed E-state index contributed by atoms with van der Waals surface area (Å²) in [6, 6.07) is 1.87. The van der Waals surface area contributed by atoms with E-state index in [0.29, 0.717) is 18.7 Å². The van der Waals surface area contributed by atoms with Gasteiger partial charge in [-0.25, -0.2) is 0 Å². The topological polar surface area (TPSA) is 90.8 Å². The Labute approximate surface area is 117 Å². The molecule has 20 heavy (non-hydrogen) atoms. The molecule has 0 saturated heterocycles. The van der Waals surface area contributed by atoms with E-state index in [-0.39, 0.29) is 5.91 Å². The number of hydrogen-bond donors (Lipinski definition) is 2. The maximum atomic E-state index is 12.1. The summed E-state index contributed by atoms with van der Waals surface area (Å²) in [5, 5.41) is 11.3. The van der Waals surface area contributed by atoms with Crippen LogP contribution in [0.3, 0.4) is 0 Å². The molecule has 2 heterocycles. The van der Waals surface area contributed by atoms with Crippen molar-refractivity contribution in [3.8, 4) is 0 Å². The highest BCUT2D eigenvalue weighted by molar-refractivity contribution is 5.94. The molecule has 0 unspecified atom stereocenters. The van der Waals surface area contributed by atoms with Crippen molar-refractivity contribution in [2.24, 2.45) is 12.8 Å². The molecule has 0 saturated carbocycles. The van der Waals surface area contributed by atoms with Crippen LogP contribution in [-0.2, 0) is 20.1 Å². The Kier molecular flexibility index (Phi) is 4.52. The molecule has 2 aromatic heterocycles. The summed E-state index contributed by atoms with van der Waals surface area (Å²) in [5.74, 6) is -0.132. The SMILES string of the molecule is Cc1c(C(=O)NCc2ccn(C)n2)cnn1CCCN. The molecule has 3 N–H and O–H groups in total. The maximum Gasteiger partial charge on any atom is 0.255 e. The molecule has 7 heteroatoms. The largest absolute Gasteiger partial charge is 0.346 e. The number of rotatable bonds is 6. The predicted octanol–water partition coefficient (Wildman–Crippen LogP) is 0.204. The smallest absolute Gasteiger partial charge is 0.255 e. The molecular formula is C13H20N6O. The Morgan fingerprint density at radius 1 is 1.50 bits per heavy atom. The van der Waals surface area contributed by atoms with Gasteiger partial charge < -0.3 is 11.1 Å². The number of carbonyl (C=O) groups is 1. The van der Waals surface area contributed by atoms with Gasteiger partial charge in [0.1, 0.15) is 0 Å². The lowest BCUT2D eigenvalue weighted by Gasteiger charge is -2.05. The molecule has 0 aliphatic rings. The molecular weight excluding hydrogens is 256 g/mol. The Morgan fingerprint density at radius 3 is 2.95 bits per heavy atom. The van der Waals surface area contributed by atoms with Gasteiger partial charge in [0.2, 0.25) is 0 Å². The average Bonchev–Trinajstić information content (AvgIpc) is 3.00. The lowest BCUT2D eigenvalue weighted by atomic mass is 10.2. The third-order valence-electron chi connectivity index (χ3n) is 3.12. The molecule has 1 amide bonds. The van der Waals surface area contributed by atoms with Gasteiger partial charge in [-0.3, -0.25) is 14.2 Å². The number of hydrogen-bond acceptors (Lipinski definition) is 4. The van der Waals surface area contributed by atoms with Gasteiger partial charge in [0.25, 0.3) is 5.91 Å². The fraction of sp³-hybridized carbons (Fsp3) is 0.462. The summed E-state index contributed by atoms with van der Waals surface area (Å²) < 4.78 is 3.51. The first kappa shape index (κ1) is 14.3. The summed E-state index contributed by atoms with van der Waals surface area (Å²) in [5.41, 5.74) is 7.76. The third kappa shape index (κ3) is 3.24. The molecule has 2 rings (SSSR count). The standard InChI is InChI=1S/C13H20N6O/c1-10-12(9-16-19(10)6-3-5-14)13(20)15-8-11-4-7-18(2)17-11/h4,7,9H,3,5-6,8,14H2,1-2H3,(H,15,20). The quantitative estimate of drug-likeness (QED) is 0.788. The minimum absolute atomic E-state index is 0.132. The second-order valence-corrected chi connectivity index (χ2v) is 4.67. The molecule has 7 nitrogen and oxygen atoms in total. The molecule has 0 aromatic carbocycles. The Hall–Kier alpha value is -2.15. The molecule has 0 fully saturated rings. The van der Waals surface area contributed by atoms with Gasteiger partial charge in [0, 0.05) is 25.5 Å². The second kappa shape index (κ2) is 6.33. The van der Waals surface area contributed by atoms with Crippen LogP contribution >= 0.6 is 0 Å². The van der Waals surface area contributed by atoms with Crippen molar-refractivity contribution < 1.29 is 4.79 Å². The highest BCUT2D eigenvalue weighted by Crippen LogP contribution is 2.08. The summed E-state index contributed by atoms with van der Waals surface area (Å²) in [6.45, 7) is 3.64. The fourth-order valence-corrected chi connectivity index (χ4v) is 1.96. The van der Waals surface area contributed by atoms with Gasteiger partial charge in [-0.2, -0.15) is 10.2 Å². The van der Waals surface area contributed by atoms with Crippen molar-refractivity contribution in [3.05, 3.63) is 35.4 Å². The number of nitrogens with zero attached hydrogens (tertiary/aromatic N) is 4. The Morgan fingerprint density at radius 2 is 2.30 bits per heavy atom. The first-order chi connectivity index (χ1) is 9.61. The van der Waals surface area contributed by atoms with Gasteiger partial charge in [-0.15, -0.1) is 0 Å².